The van der Waals surface area contributed by atoms with Crippen molar-refractivity contribution in [2.24, 2.45) is 0 Å². The highest BCUT2D eigenvalue weighted by Crippen LogP contribution is 2.38. The lowest BCUT2D eigenvalue weighted by atomic mass is 10.00. The number of nitrogens with one attached hydrogen (secondary N) is 1. The Balaban J connectivity index is 0.00000195. The van der Waals surface area contributed by atoms with Crippen molar-refractivity contribution >= 4 is 28.5 Å². The van der Waals surface area contributed by atoms with Gasteiger partial charge in [0.2, 0.25) is 5.88 Å². The zero-order valence-electron chi connectivity index (χ0n) is 23.9. The van der Waals surface area contributed by atoms with Gasteiger partial charge >= 0.3 is 0 Å². The van der Waals surface area contributed by atoms with Crippen LogP contribution in [0.25, 0.3) is 5.57 Å². The third-order valence-electron chi connectivity index (χ3n) is 6.59. The molecule has 6 heteroatoms. The van der Waals surface area contributed by atoms with E-state index in [2.05, 4.69) is 48.1 Å². The maximum atomic E-state index is 6.38. The molecule has 0 radical (unpaired) electrons. The molecule has 2 aromatic heterocycles. The second-order valence-electron chi connectivity index (χ2n) is 9.50. The van der Waals surface area contributed by atoms with E-state index < -0.39 is 0 Å². The number of nitrogens with zero attached hydrogens (tertiary/aromatic N) is 3. The van der Waals surface area contributed by atoms with Gasteiger partial charge in [-0.25, -0.2) is 0 Å². The molecule has 0 atom stereocenters. The van der Waals surface area contributed by atoms with Crippen LogP contribution in [-0.4, -0.2) is 29.7 Å². The summed E-state index contributed by atoms with van der Waals surface area (Å²) in [4.78, 5) is 11.6. The second kappa shape index (κ2) is 15.0. The van der Waals surface area contributed by atoms with E-state index in [-0.39, 0.29) is 0 Å². The van der Waals surface area contributed by atoms with Crippen molar-refractivity contribution in [3.05, 3.63) is 71.6 Å². The van der Waals surface area contributed by atoms with E-state index in [1.165, 1.54) is 17.6 Å². The van der Waals surface area contributed by atoms with Crippen LogP contribution >= 0.6 is 0 Å². The zero-order chi connectivity index (χ0) is 27.3. The minimum atomic E-state index is 0.522. The maximum Gasteiger partial charge on any atom is 0.217 e. The number of nitrogen functional groups attached to an aromatic ring is 1. The Morgan fingerprint density at radius 1 is 0.974 bits per heavy atom. The molecular formula is C32H45N5O. The quantitative estimate of drug-likeness (QED) is 0.238. The predicted octanol–water partition coefficient (Wildman–Crippen LogP) is 8.03. The summed E-state index contributed by atoms with van der Waals surface area (Å²) in [5, 5.41) is 3.60. The van der Waals surface area contributed by atoms with Gasteiger partial charge in [-0.3, -0.25) is 4.98 Å². The number of rotatable bonds is 12. The van der Waals surface area contributed by atoms with Crippen molar-refractivity contribution in [3.8, 4) is 5.88 Å². The first-order valence-electron chi connectivity index (χ1n) is 14.2. The van der Waals surface area contributed by atoms with Crippen molar-refractivity contribution in [2.45, 2.75) is 73.1 Å². The minimum absolute atomic E-state index is 0.522. The van der Waals surface area contributed by atoms with E-state index in [0.717, 1.165) is 79.3 Å². The van der Waals surface area contributed by atoms with E-state index in [4.69, 9.17) is 15.5 Å². The molecular weight excluding hydrogens is 470 g/mol. The number of hydrogen-bond acceptors (Lipinski definition) is 6. The van der Waals surface area contributed by atoms with Crippen LogP contribution in [0.3, 0.4) is 0 Å². The van der Waals surface area contributed by atoms with Crippen LogP contribution in [0.5, 0.6) is 5.88 Å². The lowest BCUT2D eigenvalue weighted by Crippen LogP contribution is -2.26. The Morgan fingerprint density at radius 2 is 1.76 bits per heavy atom. The monoisotopic (exact) mass is 515 g/mol. The Labute approximate surface area is 229 Å². The highest BCUT2D eigenvalue weighted by atomic mass is 16.5. The van der Waals surface area contributed by atoms with E-state index in [1.807, 2.05) is 56.4 Å². The predicted molar refractivity (Wildman–Crippen MR) is 162 cm³/mol. The highest BCUT2D eigenvalue weighted by Gasteiger charge is 2.16. The molecule has 0 fully saturated rings. The van der Waals surface area contributed by atoms with Gasteiger partial charge in [-0.15, -0.1) is 0 Å². The number of ether oxygens (including phenoxy) is 1. The van der Waals surface area contributed by atoms with Gasteiger partial charge < -0.3 is 20.7 Å². The van der Waals surface area contributed by atoms with Crippen LogP contribution in [0.4, 0.5) is 22.9 Å². The summed E-state index contributed by atoms with van der Waals surface area (Å²) >= 11 is 0. The van der Waals surface area contributed by atoms with E-state index >= 15 is 0 Å². The Morgan fingerprint density at radius 3 is 2.42 bits per heavy atom. The molecule has 204 valence electrons. The Bertz CT molecular complexity index is 1170. The number of anilines is 4. The fraction of sp³-hybridized carbons (Fsp3) is 0.438. The lowest BCUT2D eigenvalue weighted by molar-refractivity contribution is 0.308. The van der Waals surface area contributed by atoms with Crippen LogP contribution in [-0.2, 0) is 6.42 Å². The highest BCUT2D eigenvalue weighted by molar-refractivity contribution is 5.81. The van der Waals surface area contributed by atoms with Crippen molar-refractivity contribution in [2.75, 3.05) is 35.6 Å². The van der Waals surface area contributed by atoms with E-state index in [9.17, 15) is 0 Å². The Kier molecular flexibility index (Phi) is 11.5. The largest absolute Gasteiger partial charge is 0.477 e. The van der Waals surface area contributed by atoms with E-state index in [0.29, 0.717) is 12.5 Å². The molecule has 3 N–H and O–H groups in total. The molecule has 0 saturated heterocycles. The van der Waals surface area contributed by atoms with Crippen molar-refractivity contribution in [1.82, 2.24) is 9.97 Å². The summed E-state index contributed by atoms with van der Waals surface area (Å²) in [6.07, 6.45) is 8.12. The number of allylic oxidation sites excluding steroid dienone is 2. The first-order valence-corrected chi connectivity index (χ1v) is 14.2. The van der Waals surface area contributed by atoms with Crippen LogP contribution in [0.15, 0.2) is 60.3 Å². The smallest absolute Gasteiger partial charge is 0.217 e. The number of nitrogens with two attached hydrogens (primary N) is 1. The summed E-state index contributed by atoms with van der Waals surface area (Å²) < 4.78 is 6.13. The number of benzene rings is 1. The van der Waals surface area contributed by atoms with Gasteiger partial charge in [0, 0.05) is 66.2 Å². The fourth-order valence-corrected chi connectivity index (χ4v) is 4.81. The van der Waals surface area contributed by atoms with E-state index in [1.54, 1.807) is 0 Å². The average molecular weight is 516 g/mol. The van der Waals surface area contributed by atoms with Crippen LogP contribution < -0.4 is 20.7 Å². The third kappa shape index (κ3) is 7.98. The molecule has 0 spiro atoms. The normalized spacial score (nSPS) is 12.7. The fourth-order valence-electron chi connectivity index (χ4n) is 4.81. The molecule has 0 aliphatic heterocycles. The molecule has 0 unspecified atom stereocenters. The summed E-state index contributed by atoms with van der Waals surface area (Å²) in [6.45, 7) is 13.1. The molecule has 0 saturated carbocycles. The third-order valence-corrected chi connectivity index (χ3v) is 6.59. The first kappa shape index (κ1) is 29.0. The number of hydrogen-bond donors (Lipinski definition) is 2. The molecule has 0 bridgehead atoms. The van der Waals surface area contributed by atoms with Crippen LogP contribution in [0.1, 0.15) is 78.0 Å². The van der Waals surface area contributed by atoms with Crippen molar-refractivity contribution in [3.63, 3.8) is 0 Å². The molecule has 6 nitrogen and oxygen atoms in total. The van der Waals surface area contributed by atoms with Gasteiger partial charge in [0.1, 0.15) is 5.82 Å². The van der Waals surface area contributed by atoms with Gasteiger partial charge in [-0.2, -0.15) is 4.98 Å². The van der Waals surface area contributed by atoms with Crippen molar-refractivity contribution < 1.29 is 4.74 Å². The van der Waals surface area contributed by atoms with Gasteiger partial charge in [-0.1, -0.05) is 39.3 Å². The Hall–Kier alpha value is -3.54. The molecule has 4 rings (SSSR count). The molecule has 0 amide bonds. The summed E-state index contributed by atoms with van der Waals surface area (Å²) in [5.74, 6) is 1.55. The molecule has 1 aliphatic rings. The van der Waals surface area contributed by atoms with Gasteiger partial charge in [-0.05, 0) is 74.9 Å². The molecule has 2 heterocycles. The molecule has 1 aliphatic carbocycles. The second-order valence-corrected chi connectivity index (χ2v) is 9.50. The van der Waals surface area contributed by atoms with Crippen LogP contribution in [0.2, 0.25) is 0 Å². The van der Waals surface area contributed by atoms with Gasteiger partial charge in [0.05, 0.1) is 6.61 Å². The van der Waals surface area contributed by atoms with Crippen molar-refractivity contribution in [1.29, 1.82) is 0 Å². The number of aromatic nitrogens is 2. The number of pyridine rings is 2. The molecule has 3 aromatic rings. The topological polar surface area (TPSA) is 76.3 Å². The van der Waals surface area contributed by atoms with Gasteiger partial charge in [0.25, 0.3) is 0 Å². The standard InChI is InChI=1S/C30H39N5O.C2H6/c1-4-16-35(17-5-2)29-20-25(21-30(34-29)36-18-14-23-10-6-7-15-32-23)33-24-12-13-28(31)27(19-24)26-11-8-9-22(26)3;1-2/h6-7,10,12-13,15,19-21H,4-5,8-9,11,14,16-18,31H2,1-3H3,(H,33,34);1-2H3. The maximum absolute atomic E-state index is 6.38. The van der Waals surface area contributed by atoms with Crippen LogP contribution in [0, 0.1) is 0 Å². The summed E-state index contributed by atoms with van der Waals surface area (Å²) in [6, 6.07) is 16.3. The molecule has 1 aromatic carbocycles. The average Bonchev–Trinajstić information content (AvgIpc) is 3.37. The summed E-state index contributed by atoms with van der Waals surface area (Å²) in [5.41, 5.74) is 14.2. The molecule has 38 heavy (non-hydrogen) atoms. The SMILES string of the molecule is CC.CCCN(CCC)c1cc(Nc2ccc(N)c(C3=C(C)CCC3)c2)cc(OCCc2ccccn2)n1. The minimum Gasteiger partial charge on any atom is -0.477 e. The zero-order valence-corrected chi connectivity index (χ0v) is 23.9. The summed E-state index contributed by atoms with van der Waals surface area (Å²) in [7, 11) is 0. The lowest BCUT2D eigenvalue weighted by Gasteiger charge is -2.24. The first-order chi connectivity index (χ1) is 18.6. The van der Waals surface area contributed by atoms with Gasteiger partial charge in [0.15, 0.2) is 0 Å².